The van der Waals surface area contributed by atoms with E-state index < -0.39 is 59.8 Å². The zero-order valence-corrected chi connectivity index (χ0v) is 39.6. The van der Waals surface area contributed by atoms with E-state index in [1.165, 1.54) is 9.80 Å². The fraction of sp³-hybridized carbons (Fsp3) is 0.821. The van der Waals surface area contributed by atoms with Crippen LogP contribution in [0.15, 0.2) is 0 Å². The normalized spacial score (nSPS) is 18.8. The zero-order valence-electron chi connectivity index (χ0n) is 36.3. The van der Waals surface area contributed by atoms with Crippen molar-refractivity contribution in [1.29, 1.82) is 0 Å². The van der Waals surface area contributed by atoms with Crippen LogP contribution in [0.25, 0.3) is 0 Å². The summed E-state index contributed by atoms with van der Waals surface area (Å²) in [4.78, 5) is 90.3. The lowest BCUT2D eigenvalue weighted by atomic mass is 9.97. The lowest BCUT2D eigenvalue weighted by Crippen LogP contribution is -2.42. The predicted octanol–water partition coefficient (Wildman–Crippen LogP) is 3.61. The fourth-order valence-electron chi connectivity index (χ4n) is 6.41. The fourth-order valence-corrected chi connectivity index (χ4v) is 11.1. The Morgan fingerprint density at radius 1 is 0.468 bits per heavy atom. The van der Waals surface area contributed by atoms with Crippen LogP contribution in [0.1, 0.15) is 79.1 Å². The molecule has 4 rings (SSSR count). The maximum atomic E-state index is 12.3. The number of piperidine rings is 2. The van der Waals surface area contributed by atoms with Crippen LogP contribution in [0, 0.1) is 23.7 Å². The van der Waals surface area contributed by atoms with Gasteiger partial charge in [-0.1, -0.05) is 0 Å². The maximum Gasteiger partial charge on any atom is 0.508 e. The third-order valence-corrected chi connectivity index (χ3v) is 15.9. The Hall–Kier alpha value is -3.31. The molecule has 0 aromatic heterocycles. The lowest BCUT2D eigenvalue weighted by molar-refractivity contribution is -0.158. The van der Waals surface area contributed by atoms with Crippen LogP contribution in [0.2, 0.25) is 0 Å². The van der Waals surface area contributed by atoms with Crippen molar-refractivity contribution in [1.82, 2.24) is 19.6 Å². The van der Waals surface area contributed by atoms with Gasteiger partial charge in [-0.15, -0.1) is 0 Å². The second-order valence-electron chi connectivity index (χ2n) is 15.2. The van der Waals surface area contributed by atoms with E-state index in [-0.39, 0.29) is 72.2 Å². The van der Waals surface area contributed by atoms with Crippen molar-refractivity contribution >= 4 is 82.2 Å². The minimum Gasteiger partial charge on any atom is -0.462 e. The van der Waals surface area contributed by atoms with E-state index >= 15 is 0 Å². The molecule has 2 aliphatic carbocycles. The molecule has 2 heterocycles. The summed E-state index contributed by atoms with van der Waals surface area (Å²) in [6, 6.07) is 0. The Balaban J connectivity index is 0.000000351. The molecule has 0 aromatic rings. The SMILES string of the molecule is CCN(CC)C(=O)S(=O)CCOC(=O)OCCS(=O)C(=O)N(CC)CC.O=C(OCCOC(=O)C1CCN(C(=O)S(=O)CC2CC2)CC1)C1CCN(C(=O)S(=O)CC2CC2)CC1. The molecule has 2 aliphatic heterocycles. The molecule has 4 aliphatic rings. The Labute approximate surface area is 374 Å². The number of carbonyl (C=O) groups excluding carboxylic acids is 7. The first-order valence-corrected chi connectivity index (χ1v) is 26.7. The summed E-state index contributed by atoms with van der Waals surface area (Å²) in [5.74, 6) is 0.0715. The van der Waals surface area contributed by atoms with Crippen molar-refractivity contribution in [2.45, 2.75) is 79.1 Å². The molecule has 4 unspecified atom stereocenters. The lowest BCUT2D eigenvalue weighted by Gasteiger charge is -2.31. The number of hydrogen-bond acceptors (Lipinski definition) is 15. The van der Waals surface area contributed by atoms with Crippen LogP contribution in [-0.4, -0.2) is 177 Å². The van der Waals surface area contributed by atoms with Crippen molar-refractivity contribution in [3.8, 4) is 0 Å². The van der Waals surface area contributed by atoms with E-state index in [0.717, 1.165) is 25.7 Å². The van der Waals surface area contributed by atoms with Crippen molar-refractivity contribution in [2.75, 3.05) is 102 Å². The number of nitrogens with zero attached hydrogens (tertiary/aromatic N) is 4. The van der Waals surface area contributed by atoms with E-state index in [1.807, 2.05) is 0 Å². The summed E-state index contributed by atoms with van der Waals surface area (Å²) < 4.78 is 67.8. The number of rotatable bonds is 19. The number of likely N-dealkylation sites (tertiary alicyclic amines) is 2. The second-order valence-corrected chi connectivity index (χ2v) is 20.9. The zero-order chi connectivity index (χ0) is 45.8. The van der Waals surface area contributed by atoms with Crippen molar-refractivity contribution in [2.24, 2.45) is 23.7 Å². The van der Waals surface area contributed by atoms with Gasteiger partial charge in [-0.3, -0.25) is 28.8 Å². The molecular weight excluding hydrogens is 893 g/mol. The minimum atomic E-state index is -1.78. The summed E-state index contributed by atoms with van der Waals surface area (Å²) in [5, 5.41) is -1.67. The molecule has 0 radical (unpaired) electrons. The number of ether oxygens (including phenoxy) is 4. The molecule has 2 saturated heterocycles. The largest absolute Gasteiger partial charge is 0.508 e. The third-order valence-electron chi connectivity index (χ3n) is 10.7. The van der Waals surface area contributed by atoms with Crippen LogP contribution in [0.3, 0.4) is 0 Å². The van der Waals surface area contributed by atoms with Gasteiger partial charge in [0.2, 0.25) is 0 Å². The third kappa shape index (κ3) is 18.4. The molecule has 0 N–H and O–H groups in total. The predicted molar refractivity (Wildman–Crippen MR) is 233 cm³/mol. The first-order chi connectivity index (χ1) is 29.6. The standard InChI is InChI=1S/C24H36N2O8S2.C15H28N2O7S2/c27-21(19-5-9-25(10-6-19)23(29)35(31)15-17-1-2-17)33-13-14-34-22(28)20-7-11-26(12-8-20)24(30)36(32)16-18-3-4-18;1-5-16(6-2)13(18)25(21)11-9-23-15(20)24-10-12-26(22)14(19)17(7-3)8-4/h17-20H,1-16H2;5-12H2,1-4H3. The van der Waals surface area contributed by atoms with Gasteiger partial charge in [-0.2, -0.15) is 0 Å². The van der Waals surface area contributed by atoms with Crippen LogP contribution >= 0.6 is 0 Å². The van der Waals surface area contributed by atoms with Crippen molar-refractivity contribution in [3.05, 3.63) is 0 Å². The minimum absolute atomic E-state index is 0.0351. The van der Waals surface area contributed by atoms with Gasteiger partial charge < -0.3 is 38.5 Å². The molecule has 2 saturated carbocycles. The molecule has 62 heavy (non-hydrogen) atoms. The molecule has 354 valence electrons. The molecule has 0 aromatic carbocycles. The summed E-state index contributed by atoms with van der Waals surface area (Å²) in [5.41, 5.74) is 0. The summed E-state index contributed by atoms with van der Waals surface area (Å²) in [6.45, 7) is 9.93. The molecule has 23 heteroatoms. The molecule has 4 amide bonds. The number of carbonyl (C=O) groups is 7. The smallest absolute Gasteiger partial charge is 0.462 e. The van der Waals surface area contributed by atoms with E-state index in [9.17, 15) is 50.4 Å². The van der Waals surface area contributed by atoms with E-state index in [2.05, 4.69) is 0 Å². The van der Waals surface area contributed by atoms with Gasteiger partial charge in [0, 0.05) is 63.9 Å². The van der Waals surface area contributed by atoms with E-state index in [1.54, 1.807) is 37.5 Å². The monoisotopic (exact) mass is 956 g/mol. The van der Waals surface area contributed by atoms with Crippen LogP contribution in [-0.2, 0) is 71.7 Å². The van der Waals surface area contributed by atoms with Crippen LogP contribution < -0.4 is 0 Å². The molecule has 0 spiro atoms. The van der Waals surface area contributed by atoms with Gasteiger partial charge in [0.05, 0.1) is 23.3 Å². The summed E-state index contributed by atoms with van der Waals surface area (Å²) in [7, 11) is -6.53. The first-order valence-electron chi connectivity index (χ1n) is 21.5. The highest BCUT2D eigenvalue weighted by Gasteiger charge is 2.35. The highest BCUT2D eigenvalue weighted by Crippen LogP contribution is 2.31. The topological polar surface area (TPSA) is 238 Å². The molecule has 4 fully saturated rings. The highest BCUT2D eigenvalue weighted by molar-refractivity contribution is 8.01. The van der Waals surface area contributed by atoms with Gasteiger partial charge in [-0.05, 0) is 90.9 Å². The summed E-state index contributed by atoms with van der Waals surface area (Å²) in [6.07, 6.45) is 5.03. The molecular formula is C39H64N4O15S4. The Bertz CT molecular complexity index is 1520. The Kier molecular flexibility index (Phi) is 23.8. The van der Waals surface area contributed by atoms with Gasteiger partial charge in [0.1, 0.15) is 69.6 Å². The average molecular weight is 957 g/mol. The highest BCUT2D eigenvalue weighted by atomic mass is 32.2. The maximum absolute atomic E-state index is 12.3. The number of esters is 2. The average Bonchev–Trinajstić information content (AvgIpc) is 4.23. The second kappa shape index (κ2) is 27.8. The van der Waals surface area contributed by atoms with Crippen LogP contribution in [0.5, 0.6) is 0 Å². The summed E-state index contributed by atoms with van der Waals surface area (Å²) >= 11 is 0. The van der Waals surface area contributed by atoms with Gasteiger partial charge in [0.25, 0.3) is 0 Å². The Morgan fingerprint density at radius 2 is 0.790 bits per heavy atom. The van der Waals surface area contributed by atoms with Gasteiger partial charge in [0.15, 0.2) is 0 Å². The van der Waals surface area contributed by atoms with Crippen molar-refractivity contribution in [3.63, 3.8) is 0 Å². The van der Waals surface area contributed by atoms with Gasteiger partial charge in [-0.25, -0.2) is 21.6 Å². The molecule has 19 nitrogen and oxygen atoms in total. The van der Waals surface area contributed by atoms with E-state index in [0.29, 0.717) is 101 Å². The molecule has 0 bridgehead atoms. The van der Waals surface area contributed by atoms with Crippen LogP contribution in [0.4, 0.5) is 24.0 Å². The molecule has 4 atom stereocenters. The number of hydrogen-bond donors (Lipinski definition) is 0. The van der Waals surface area contributed by atoms with Gasteiger partial charge >= 0.3 is 39.1 Å². The number of amides is 4. The van der Waals surface area contributed by atoms with E-state index in [4.69, 9.17) is 18.9 Å². The van der Waals surface area contributed by atoms with Crippen molar-refractivity contribution < 1.29 is 69.3 Å². The first kappa shape index (κ1) is 53.0. The quantitative estimate of drug-likeness (QED) is 0.102. The Morgan fingerprint density at radius 3 is 1.08 bits per heavy atom.